The quantitative estimate of drug-likeness (QED) is 0.251. The summed E-state index contributed by atoms with van der Waals surface area (Å²) < 4.78 is 29.3. The third-order valence-electron chi connectivity index (χ3n) is 7.60. The van der Waals surface area contributed by atoms with E-state index in [0.29, 0.717) is 12.1 Å². The molecule has 3 aromatic carbocycles. The van der Waals surface area contributed by atoms with Gasteiger partial charge in [0.1, 0.15) is 12.6 Å². The number of amides is 2. The molecule has 2 atom stereocenters. The normalized spacial score (nSPS) is 13.0. The molecule has 0 aromatic heterocycles. The average molecular weight is 592 g/mol. The van der Waals surface area contributed by atoms with E-state index in [1.807, 2.05) is 71.0 Å². The fourth-order valence-corrected chi connectivity index (χ4v) is 6.06. The number of nitrogens with zero attached hydrogens (tertiary/aromatic N) is 2. The van der Waals surface area contributed by atoms with Crippen LogP contribution in [0.3, 0.4) is 0 Å². The van der Waals surface area contributed by atoms with Crippen molar-refractivity contribution in [3.63, 3.8) is 0 Å². The second-order valence-corrected chi connectivity index (χ2v) is 13.2. The van der Waals surface area contributed by atoms with E-state index in [-0.39, 0.29) is 29.3 Å². The minimum absolute atomic E-state index is 0.0548. The van der Waals surface area contributed by atoms with E-state index >= 15 is 0 Å². The Hall–Kier alpha value is -3.65. The first-order valence-electron chi connectivity index (χ1n) is 14.7. The maximum Gasteiger partial charge on any atom is 0.264 e. The smallest absolute Gasteiger partial charge is 0.264 e. The van der Waals surface area contributed by atoms with Crippen LogP contribution in [0, 0.1) is 13.8 Å². The van der Waals surface area contributed by atoms with E-state index in [2.05, 4.69) is 19.2 Å². The molecule has 0 bridgehead atoms. The molecule has 3 rings (SSSR count). The Bertz CT molecular complexity index is 1430. The van der Waals surface area contributed by atoms with Gasteiger partial charge in [-0.25, -0.2) is 8.42 Å². The van der Waals surface area contributed by atoms with E-state index in [1.165, 1.54) is 4.90 Å². The Morgan fingerprint density at radius 2 is 1.33 bits per heavy atom. The van der Waals surface area contributed by atoms with Crippen LogP contribution in [-0.4, -0.2) is 43.8 Å². The molecule has 0 spiro atoms. The highest BCUT2D eigenvalue weighted by Crippen LogP contribution is 2.27. The molecule has 1 N–H and O–H groups in total. The summed E-state index contributed by atoms with van der Waals surface area (Å²) in [4.78, 5) is 29.2. The summed E-state index contributed by atoms with van der Waals surface area (Å²) in [6.45, 7) is 13.5. The molecule has 7 nitrogen and oxygen atoms in total. The average Bonchev–Trinajstić information content (AvgIpc) is 2.96. The molecule has 0 radical (unpaired) electrons. The van der Waals surface area contributed by atoms with Gasteiger partial charge < -0.3 is 10.2 Å². The van der Waals surface area contributed by atoms with Crippen LogP contribution in [0.2, 0.25) is 0 Å². The van der Waals surface area contributed by atoms with Gasteiger partial charge in [-0.3, -0.25) is 13.9 Å². The van der Waals surface area contributed by atoms with E-state index in [9.17, 15) is 18.0 Å². The summed E-state index contributed by atoms with van der Waals surface area (Å²) >= 11 is 0. The van der Waals surface area contributed by atoms with Crippen molar-refractivity contribution in [2.45, 2.75) is 90.7 Å². The molecule has 0 saturated carbocycles. The van der Waals surface area contributed by atoms with Crippen LogP contribution < -0.4 is 9.62 Å². The van der Waals surface area contributed by atoms with Crippen molar-refractivity contribution in [3.8, 4) is 0 Å². The highest BCUT2D eigenvalue weighted by atomic mass is 32.2. The number of sulfonamides is 1. The monoisotopic (exact) mass is 591 g/mol. The third kappa shape index (κ3) is 8.22. The molecule has 0 aliphatic heterocycles. The molecule has 0 aliphatic carbocycles. The van der Waals surface area contributed by atoms with Gasteiger partial charge in [0.15, 0.2) is 0 Å². The van der Waals surface area contributed by atoms with Crippen LogP contribution in [-0.2, 0) is 26.2 Å². The molecule has 0 fully saturated rings. The molecule has 3 aromatic rings. The summed E-state index contributed by atoms with van der Waals surface area (Å²) in [7, 11) is -4.10. The molecule has 8 heteroatoms. The molecule has 2 amide bonds. The van der Waals surface area contributed by atoms with Crippen LogP contribution in [0.5, 0.6) is 0 Å². The lowest BCUT2D eigenvalue weighted by Gasteiger charge is -2.33. The Labute approximate surface area is 252 Å². The largest absolute Gasteiger partial charge is 0.352 e. The number of carbonyl (C=O) groups is 2. The highest BCUT2D eigenvalue weighted by Gasteiger charge is 2.34. The number of rotatable bonds is 13. The van der Waals surface area contributed by atoms with Gasteiger partial charge in [-0.05, 0) is 74.9 Å². The van der Waals surface area contributed by atoms with Gasteiger partial charge in [0.05, 0.1) is 10.6 Å². The van der Waals surface area contributed by atoms with Crippen LogP contribution in [0.1, 0.15) is 75.6 Å². The molecule has 42 heavy (non-hydrogen) atoms. The van der Waals surface area contributed by atoms with Gasteiger partial charge in [-0.15, -0.1) is 0 Å². The van der Waals surface area contributed by atoms with Crippen LogP contribution >= 0.6 is 0 Å². The molecule has 0 heterocycles. The van der Waals surface area contributed by atoms with Crippen molar-refractivity contribution in [3.05, 3.63) is 95.1 Å². The Kier molecular flexibility index (Phi) is 11.3. The zero-order valence-electron chi connectivity index (χ0n) is 25.9. The van der Waals surface area contributed by atoms with Gasteiger partial charge in [0.25, 0.3) is 10.0 Å². The second-order valence-electron chi connectivity index (χ2n) is 11.3. The first kappa shape index (κ1) is 32.9. The molecule has 226 valence electrons. The number of anilines is 1. The van der Waals surface area contributed by atoms with E-state index in [1.54, 1.807) is 36.4 Å². The van der Waals surface area contributed by atoms with Crippen molar-refractivity contribution in [1.29, 1.82) is 0 Å². The molecule has 0 saturated heterocycles. The first-order chi connectivity index (χ1) is 19.9. The topological polar surface area (TPSA) is 86.8 Å². The van der Waals surface area contributed by atoms with Gasteiger partial charge in [0.2, 0.25) is 11.8 Å². The maximum absolute atomic E-state index is 14.2. The fraction of sp³-hybridized carbons (Fsp3) is 0.412. The second kappa shape index (κ2) is 14.5. The number of carbonyl (C=O) groups excluding carboxylic acids is 2. The lowest BCUT2D eigenvalue weighted by molar-refractivity contribution is -0.140. The molecular weight excluding hydrogens is 546 g/mol. The van der Waals surface area contributed by atoms with Gasteiger partial charge in [0, 0.05) is 12.6 Å². The maximum atomic E-state index is 14.2. The minimum Gasteiger partial charge on any atom is -0.352 e. The summed E-state index contributed by atoms with van der Waals surface area (Å²) in [6, 6.07) is 20.8. The zero-order chi connectivity index (χ0) is 31.0. The van der Waals surface area contributed by atoms with Crippen LogP contribution in [0.15, 0.2) is 77.7 Å². The lowest BCUT2D eigenvalue weighted by Crippen LogP contribution is -2.53. The van der Waals surface area contributed by atoms with Crippen molar-refractivity contribution in [2.24, 2.45) is 0 Å². The molecule has 0 unspecified atom stereocenters. The van der Waals surface area contributed by atoms with Crippen molar-refractivity contribution >= 4 is 27.5 Å². The number of aryl methyl sites for hydroxylation is 2. The first-order valence-corrected chi connectivity index (χ1v) is 16.2. The lowest BCUT2D eigenvalue weighted by atomic mass is 10.0. The molecule has 0 aliphatic rings. The van der Waals surface area contributed by atoms with Crippen LogP contribution in [0.25, 0.3) is 0 Å². The van der Waals surface area contributed by atoms with Crippen molar-refractivity contribution in [2.75, 3.05) is 10.8 Å². The summed E-state index contributed by atoms with van der Waals surface area (Å²) in [6.07, 6.45) is 1.14. The zero-order valence-corrected chi connectivity index (χ0v) is 26.7. The fourth-order valence-electron chi connectivity index (χ4n) is 4.64. The van der Waals surface area contributed by atoms with Gasteiger partial charge in [-0.2, -0.15) is 0 Å². The van der Waals surface area contributed by atoms with Crippen molar-refractivity contribution in [1.82, 2.24) is 10.2 Å². The predicted molar refractivity (Wildman–Crippen MR) is 170 cm³/mol. The summed E-state index contributed by atoms with van der Waals surface area (Å²) in [5.41, 5.74) is 4.32. The molecular formula is C34H45N3O4S. The van der Waals surface area contributed by atoms with Gasteiger partial charge in [-0.1, -0.05) is 87.4 Å². The van der Waals surface area contributed by atoms with Crippen LogP contribution in [0.4, 0.5) is 5.69 Å². The highest BCUT2D eigenvalue weighted by molar-refractivity contribution is 7.92. The van der Waals surface area contributed by atoms with Crippen molar-refractivity contribution < 1.29 is 18.0 Å². The van der Waals surface area contributed by atoms with E-state index < -0.39 is 28.5 Å². The van der Waals surface area contributed by atoms with E-state index in [0.717, 1.165) is 33.0 Å². The standard InChI is InChI=1S/C34H45N3O4S/c1-8-27(7)35-34(39)32(9-2)36(22-28-14-10-25(5)11-15-28)33(38)23-37(30-18-16-29(17-19-30)24(3)4)42(40,41)31-20-12-26(6)13-21-31/h10-21,24,27,32H,8-9,22-23H2,1-7H3,(H,35,39)/t27-,32-/m0/s1. The number of benzene rings is 3. The van der Waals surface area contributed by atoms with E-state index in [4.69, 9.17) is 0 Å². The Morgan fingerprint density at radius 3 is 1.83 bits per heavy atom. The Morgan fingerprint density at radius 1 is 0.786 bits per heavy atom. The number of nitrogens with one attached hydrogen (secondary N) is 1. The third-order valence-corrected chi connectivity index (χ3v) is 9.38. The minimum atomic E-state index is -4.10. The SMILES string of the molecule is CC[C@H](C)NC(=O)[C@H](CC)N(Cc1ccc(C)cc1)C(=O)CN(c1ccc(C(C)C)cc1)S(=O)(=O)c1ccc(C)cc1. The Balaban J connectivity index is 2.07. The van der Waals surface area contributed by atoms with Gasteiger partial charge >= 0.3 is 0 Å². The number of hydrogen-bond acceptors (Lipinski definition) is 4. The summed E-state index contributed by atoms with van der Waals surface area (Å²) in [5.74, 6) is -0.436. The predicted octanol–water partition coefficient (Wildman–Crippen LogP) is 6.34. The number of hydrogen-bond donors (Lipinski definition) is 1. The summed E-state index contributed by atoms with van der Waals surface area (Å²) in [5, 5.41) is 3.01.